The summed E-state index contributed by atoms with van der Waals surface area (Å²) in [6.07, 6.45) is 0. The number of amides is 1. The Kier molecular flexibility index (Phi) is 8.45. The van der Waals surface area contributed by atoms with E-state index in [4.69, 9.17) is 27.9 Å². The predicted molar refractivity (Wildman–Crippen MR) is 117 cm³/mol. The van der Waals surface area contributed by atoms with Crippen molar-refractivity contribution in [3.8, 4) is 11.5 Å². The zero-order valence-corrected chi connectivity index (χ0v) is 17.8. The second-order valence-electron chi connectivity index (χ2n) is 6.03. The van der Waals surface area contributed by atoms with Crippen LogP contribution in [0.25, 0.3) is 0 Å². The number of nitro benzene ring substituents is 2. The Morgan fingerprint density at radius 2 is 1.44 bits per heavy atom. The second-order valence-corrected chi connectivity index (χ2v) is 6.90. The van der Waals surface area contributed by atoms with Crippen LogP contribution in [0.15, 0.2) is 60.7 Å². The monoisotopic (exact) mass is 481 g/mol. The zero-order valence-electron chi connectivity index (χ0n) is 16.3. The van der Waals surface area contributed by atoms with E-state index in [0.29, 0.717) is 11.4 Å². The molecule has 0 fully saturated rings. The minimum absolute atomic E-state index is 0.0941. The lowest BCUT2D eigenvalue weighted by atomic mass is 10.2. The molecule has 0 aromatic heterocycles. The summed E-state index contributed by atoms with van der Waals surface area (Å²) in [6, 6.07) is 13.8. The highest BCUT2D eigenvalue weighted by atomic mass is 35.5. The molecular weight excluding hydrogens is 468 g/mol. The first-order valence-electron chi connectivity index (χ1n) is 8.65. The molecule has 0 spiro atoms. The Morgan fingerprint density at radius 3 is 1.94 bits per heavy atom. The summed E-state index contributed by atoms with van der Waals surface area (Å²) in [4.78, 5) is 30.6. The minimum Gasteiger partial charge on any atom is -0.450 e. The van der Waals surface area contributed by atoms with Gasteiger partial charge in [-0.05, 0) is 48.5 Å². The second kappa shape index (κ2) is 11.0. The summed E-state index contributed by atoms with van der Waals surface area (Å²) < 4.78 is 18.0. The molecule has 0 aliphatic rings. The van der Waals surface area contributed by atoms with E-state index >= 15 is 0 Å². The Balaban J connectivity index is 0.000000278. The first kappa shape index (κ1) is 24.5. The molecular formula is C20H14Cl2FN3O6. The van der Waals surface area contributed by atoms with E-state index in [0.717, 1.165) is 12.1 Å². The first-order valence-corrected chi connectivity index (χ1v) is 9.41. The average Bonchev–Trinajstić information content (AvgIpc) is 2.72. The number of nitrogens with zero attached hydrogens (tertiary/aromatic N) is 2. The van der Waals surface area contributed by atoms with E-state index in [1.165, 1.54) is 31.2 Å². The predicted octanol–water partition coefficient (Wildman–Crippen LogP) is 6.39. The SMILES string of the molecule is CC(=O)Nc1ccc(Oc2ccc(Cl)cc2[N+](=O)[O-])cc1.O=[N+]([O-])c1cc(Cl)ccc1F. The summed E-state index contributed by atoms with van der Waals surface area (Å²) in [5.74, 6) is -0.553. The highest BCUT2D eigenvalue weighted by Crippen LogP contribution is 2.33. The third-order valence-corrected chi connectivity index (χ3v) is 4.10. The third-order valence-electron chi connectivity index (χ3n) is 3.63. The van der Waals surface area contributed by atoms with Gasteiger partial charge in [-0.2, -0.15) is 4.39 Å². The molecule has 1 amide bonds. The van der Waals surface area contributed by atoms with Crippen LogP contribution in [0.4, 0.5) is 21.5 Å². The number of ether oxygens (including phenoxy) is 1. The fourth-order valence-corrected chi connectivity index (χ4v) is 2.61. The molecule has 0 aliphatic carbocycles. The molecule has 0 unspecified atom stereocenters. The van der Waals surface area contributed by atoms with Crippen molar-refractivity contribution < 1.29 is 23.8 Å². The molecule has 0 saturated heterocycles. The molecule has 9 nitrogen and oxygen atoms in total. The molecule has 0 saturated carbocycles. The van der Waals surface area contributed by atoms with Gasteiger partial charge in [0.05, 0.1) is 9.85 Å². The maximum absolute atomic E-state index is 12.5. The van der Waals surface area contributed by atoms with Crippen molar-refractivity contribution in [2.24, 2.45) is 0 Å². The molecule has 0 heterocycles. The topological polar surface area (TPSA) is 125 Å². The van der Waals surface area contributed by atoms with Gasteiger partial charge in [0.1, 0.15) is 5.75 Å². The van der Waals surface area contributed by atoms with Crippen LogP contribution < -0.4 is 10.1 Å². The van der Waals surface area contributed by atoms with Crippen LogP contribution in [0.1, 0.15) is 6.92 Å². The summed E-state index contributed by atoms with van der Waals surface area (Å²) in [6.45, 7) is 1.40. The molecule has 1 N–H and O–H groups in total. The van der Waals surface area contributed by atoms with Gasteiger partial charge in [0.25, 0.3) is 0 Å². The maximum Gasteiger partial charge on any atom is 0.313 e. The summed E-state index contributed by atoms with van der Waals surface area (Å²) in [5.41, 5.74) is -0.202. The molecule has 32 heavy (non-hydrogen) atoms. The first-order chi connectivity index (χ1) is 15.1. The molecule has 3 rings (SSSR count). The number of benzene rings is 3. The average molecular weight is 482 g/mol. The number of carbonyl (C=O) groups is 1. The lowest BCUT2D eigenvalue weighted by molar-refractivity contribution is -0.387. The van der Waals surface area contributed by atoms with E-state index < -0.39 is 21.4 Å². The van der Waals surface area contributed by atoms with Crippen molar-refractivity contribution in [2.45, 2.75) is 6.92 Å². The van der Waals surface area contributed by atoms with Crippen molar-refractivity contribution in [1.82, 2.24) is 0 Å². The van der Waals surface area contributed by atoms with Crippen molar-refractivity contribution in [3.05, 3.63) is 96.8 Å². The van der Waals surface area contributed by atoms with E-state index in [1.807, 2.05) is 0 Å². The van der Waals surface area contributed by atoms with Gasteiger partial charge in [0.2, 0.25) is 17.5 Å². The molecule has 0 bridgehead atoms. The van der Waals surface area contributed by atoms with Gasteiger partial charge in [-0.25, -0.2) is 0 Å². The molecule has 0 aliphatic heterocycles. The largest absolute Gasteiger partial charge is 0.450 e. The van der Waals surface area contributed by atoms with Gasteiger partial charge in [-0.15, -0.1) is 0 Å². The Morgan fingerprint density at radius 1 is 0.906 bits per heavy atom. The van der Waals surface area contributed by atoms with E-state index in [2.05, 4.69) is 5.32 Å². The number of anilines is 1. The fourth-order valence-electron chi connectivity index (χ4n) is 2.28. The molecule has 0 atom stereocenters. The van der Waals surface area contributed by atoms with Gasteiger partial charge >= 0.3 is 11.4 Å². The summed E-state index contributed by atoms with van der Waals surface area (Å²) in [7, 11) is 0. The van der Waals surface area contributed by atoms with Crippen molar-refractivity contribution in [1.29, 1.82) is 0 Å². The van der Waals surface area contributed by atoms with Gasteiger partial charge in [0.15, 0.2) is 0 Å². The molecule has 0 radical (unpaired) electrons. The van der Waals surface area contributed by atoms with E-state index in [-0.39, 0.29) is 27.4 Å². The Labute approximate surface area is 190 Å². The number of halogens is 3. The normalized spacial score (nSPS) is 9.88. The van der Waals surface area contributed by atoms with Crippen LogP contribution in [-0.4, -0.2) is 15.8 Å². The summed E-state index contributed by atoms with van der Waals surface area (Å²) >= 11 is 11.1. The third kappa shape index (κ3) is 7.18. The molecule has 3 aromatic carbocycles. The minimum atomic E-state index is -0.876. The van der Waals surface area contributed by atoms with Crippen molar-refractivity contribution >= 4 is 46.2 Å². The fraction of sp³-hybridized carbons (Fsp3) is 0.0500. The van der Waals surface area contributed by atoms with Crippen LogP contribution in [0.2, 0.25) is 10.0 Å². The molecule has 166 valence electrons. The summed E-state index contributed by atoms with van der Waals surface area (Å²) in [5, 5.41) is 24.1. The highest BCUT2D eigenvalue weighted by molar-refractivity contribution is 6.31. The van der Waals surface area contributed by atoms with E-state index in [1.54, 1.807) is 24.3 Å². The van der Waals surface area contributed by atoms with Gasteiger partial charge in [-0.1, -0.05) is 23.2 Å². The number of rotatable bonds is 5. The number of hydrogen-bond acceptors (Lipinski definition) is 6. The number of nitrogens with one attached hydrogen (secondary N) is 1. The number of hydrogen-bond donors (Lipinski definition) is 1. The van der Waals surface area contributed by atoms with Crippen LogP contribution >= 0.6 is 23.2 Å². The van der Waals surface area contributed by atoms with Crippen molar-refractivity contribution in [2.75, 3.05) is 5.32 Å². The lowest BCUT2D eigenvalue weighted by Crippen LogP contribution is -2.05. The van der Waals surface area contributed by atoms with Crippen LogP contribution in [0.3, 0.4) is 0 Å². The number of nitro groups is 2. The molecule has 12 heteroatoms. The smallest absolute Gasteiger partial charge is 0.313 e. The van der Waals surface area contributed by atoms with Gasteiger partial charge in [0, 0.05) is 34.8 Å². The quantitative estimate of drug-likeness (QED) is 0.332. The number of carbonyl (C=O) groups excluding carboxylic acids is 1. The van der Waals surface area contributed by atoms with Crippen LogP contribution in [0.5, 0.6) is 11.5 Å². The van der Waals surface area contributed by atoms with Gasteiger partial charge < -0.3 is 10.1 Å². The van der Waals surface area contributed by atoms with E-state index in [9.17, 15) is 29.4 Å². The highest BCUT2D eigenvalue weighted by Gasteiger charge is 2.16. The standard InChI is InChI=1S/C14H11ClN2O4.C6H3ClFNO2/c1-9(18)16-11-3-5-12(6-4-11)21-14-7-2-10(15)8-13(14)17(19)20;7-4-1-2-5(8)6(3-4)9(10)11/h2-8H,1H3,(H,16,18);1-3H. The Bertz CT molecular complexity index is 1160. The molecule has 3 aromatic rings. The zero-order chi connectivity index (χ0) is 23.8. The van der Waals surface area contributed by atoms with Crippen LogP contribution in [0, 0.1) is 26.0 Å². The maximum atomic E-state index is 12.5. The van der Waals surface area contributed by atoms with Crippen LogP contribution in [-0.2, 0) is 4.79 Å². The van der Waals surface area contributed by atoms with Gasteiger partial charge in [-0.3, -0.25) is 25.0 Å². The Hall–Kier alpha value is -3.76. The van der Waals surface area contributed by atoms with Crippen molar-refractivity contribution in [3.63, 3.8) is 0 Å². The lowest BCUT2D eigenvalue weighted by Gasteiger charge is -2.07.